The number of rotatable bonds is 8. The minimum atomic E-state index is -2.90. The van der Waals surface area contributed by atoms with Crippen molar-refractivity contribution in [2.75, 3.05) is 13.6 Å². The number of hydrogen-bond donors (Lipinski definition) is 1. The van der Waals surface area contributed by atoms with Gasteiger partial charge in [0.05, 0.1) is 6.42 Å². The molecule has 0 aliphatic heterocycles. The Morgan fingerprint density at radius 3 is 2.55 bits per heavy atom. The van der Waals surface area contributed by atoms with Gasteiger partial charge in [-0.15, -0.1) is 0 Å². The number of hydrogen-bond acceptors (Lipinski definition) is 3. The van der Waals surface area contributed by atoms with E-state index in [2.05, 4.69) is 4.74 Å². The summed E-state index contributed by atoms with van der Waals surface area (Å²) in [7, 11) is 1.69. The first-order valence-electron chi connectivity index (χ1n) is 7.33. The van der Waals surface area contributed by atoms with E-state index < -0.39 is 6.61 Å². The number of alkyl halides is 2. The zero-order valence-corrected chi connectivity index (χ0v) is 13.3. The quantitative estimate of drug-likeness (QED) is 0.802. The van der Waals surface area contributed by atoms with Gasteiger partial charge in [-0.2, -0.15) is 8.78 Å². The van der Waals surface area contributed by atoms with Crippen LogP contribution >= 0.6 is 0 Å². The number of likely N-dealkylation sites (N-methyl/N-ethyl adjacent to an activating group) is 1. The molecule has 1 aromatic rings. The highest BCUT2D eigenvalue weighted by Crippen LogP contribution is 2.21. The lowest BCUT2D eigenvalue weighted by Crippen LogP contribution is -2.35. The van der Waals surface area contributed by atoms with Crippen LogP contribution in [0.1, 0.15) is 25.8 Å². The van der Waals surface area contributed by atoms with E-state index in [0.717, 1.165) is 0 Å². The summed E-state index contributed by atoms with van der Waals surface area (Å²) in [4.78, 5) is 13.7. The van der Waals surface area contributed by atoms with E-state index in [1.807, 2.05) is 13.8 Å². The molecule has 0 aliphatic rings. The molecule has 2 N–H and O–H groups in total. The maximum Gasteiger partial charge on any atom is 0.387 e. The molecule has 0 radical (unpaired) electrons. The average molecular weight is 314 g/mol. The van der Waals surface area contributed by atoms with Crippen molar-refractivity contribution in [3.05, 3.63) is 29.8 Å². The third-order valence-electron chi connectivity index (χ3n) is 3.61. The van der Waals surface area contributed by atoms with Gasteiger partial charge in [0, 0.05) is 25.2 Å². The topological polar surface area (TPSA) is 55.6 Å². The third kappa shape index (κ3) is 5.97. The molecule has 0 aliphatic carbocycles. The molecule has 0 spiro atoms. The van der Waals surface area contributed by atoms with Crippen LogP contribution < -0.4 is 10.5 Å². The van der Waals surface area contributed by atoms with Crippen molar-refractivity contribution < 1.29 is 18.3 Å². The molecule has 1 amide bonds. The number of carbonyl (C=O) groups excluding carboxylic acids is 1. The van der Waals surface area contributed by atoms with Gasteiger partial charge in [0.15, 0.2) is 0 Å². The van der Waals surface area contributed by atoms with Gasteiger partial charge in [-0.25, -0.2) is 0 Å². The molecule has 0 heterocycles. The summed E-state index contributed by atoms with van der Waals surface area (Å²) in [5.74, 6) is 0.239. The Morgan fingerprint density at radius 1 is 1.32 bits per heavy atom. The SMILES string of the molecule is CC(C)C(N)CCN(C)C(=O)Cc1ccccc1OC(F)F. The van der Waals surface area contributed by atoms with Gasteiger partial charge in [-0.05, 0) is 18.4 Å². The van der Waals surface area contributed by atoms with Crippen molar-refractivity contribution in [3.63, 3.8) is 0 Å². The number of nitrogens with zero attached hydrogens (tertiary/aromatic N) is 1. The van der Waals surface area contributed by atoms with Crippen molar-refractivity contribution in [1.29, 1.82) is 0 Å². The van der Waals surface area contributed by atoms with E-state index in [1.54, 1.807) is 30.1 Å². The zero-order valence-electron chi connectivity index (χ0n) is 13.3. The number of nitrogens with two attached hydrogens (primary N) is 1. The minimum Gasteiger partial charge on any atom is -0.435 e. The highest BCUT2D eigenvalue weighted by atomic mass is 19.3. The van der Waals surface area contributed by atoms with Crippen LogP contribution in [0.15, 0.2) is 24.3 Å². The average Bonchev–Trinajstić information content (AvgIpc) is 2.45. The van der Waals surface area contributed by atoms with Crippen LogP contribution in [0.4, 0.5) is 8.78 Å². The molecule has 0 aromatic heterocycles. The highest BCUT2D eigenvalue weighted by molar-refractivity contribution is 5.79. The minimum absolute atomic E-state index is 0.0241. The monoisotopic (exact) mass is 314 g/mol. The second-order valence-electron chi connectivity index (χ2n) is 5.67. The smallest absolute Gasteiger partial charge is 0.387 e. The lowest BCUT2D eigenvalue weighted by atomic mass is 10.0. The van der Waals surface area contributed by atoms with Gasteiger partial charge in [0.2, 0.25) is 5.91 Å². The van der Waals surface area contributed by atoms with E-state index in [0.29, 0.717) is 24.4 Å². The Morgan fingerprint density at radius 2 is 1.95 bits per heavy atom. The van der Waals surface area contributed by atoms with E-state index in [9.17, 15) is 13.6 Å². The standard InChI is InChI=1S/C16H24F2N2O2/c1-11(2)13(19)8-9-20(3)15(21)10-12-6-4-5-7-14(12)22-16(17)18/h4-7,11,13,16H,8-10,19H2,1-3H3. The van der Waals surface area contributed by atoms with Crippen LogP contribution in [-0.2, 0) is 11.2 Å². The maximum absolute atomic E-state index is 12.4. The van der Waals surface area contributed by atoms with Gasteiger partial charge in [0.25, 0.3) is 0 Å². The fourth-order valence-corrected chi connectivity index (χ4v) is 1.96. The van der Waals surface area contributed by atoms with Crippen LogP contribution in [0.5, 0.6) is 5.75 Å². The van der Waals surface area contributed by atoms with Gasteiger partial charge in [-0.1, -0.05) is 32.0 Å². The molecule has 22 heavy (non-hydrogen) atoms. The zero-order chi connectivity index (χ0) is 16.7. The Kier molecular flexibility index (Phi) is 7.24. The molecular weight excluding hydrogens is 290 g/mol. The van der Waals surface area contributed by atoms with Gasteiger partial charge < -0.3 is 15.4 Å². The summed E-state index contributed by atoms with van der Waals surface area (Å²) < 4.78 is 29.1. The number of benzene rings is 1. The van der Waals surface area contributed by atoms with Crippen LogP contribution in [0.2, 0.25) is 0 Å². The second kappa shape index (κ2) is 8.68. The molecule has 1 rings (SSSR count). The summed E-state index contributed by atoms with van der Waals surface area (Å²) in [5.41, 5.74) is 6.41. The van der Waals surface area contributed by atoms with E-state index >= 15 is 0 Å². The van der Waals surface area contributed by atoms with Crippen molar-refractivity contribution in [2.24, 2.45) is 11.7 Å². The molecule has 1 aromatic carbocycles. The summed E-state index contributed by atoms with van der Waals surface area (Å²) in [5, 5.41) is 0. The molecular formula is C16H24F2N2O2. The lowest BCUT2D eigenvalue weighted by molar-refractivity contribution is -0.129. The van der Waals surface area contributed by atoms with Crippen molar-refractivity contribution in [2.45, 2.75) is 39.3 Å². The predicted molar refractivity (Wildman–Crippen MR) is 81.8 cm³/mol. The first-order chi connectivity index (χ1) is 10.3. The maximum atomic E-state index is 12.4. The number of ether oxygens (including phenoxy) is 1. The molecule has 1 atom stereocenters. The molecule has 6 heteroatoms. The molecule has 1 unspecified atom stereocenters. The van der Waals surface area contributed by atoms with Crippen molar-refractivity contribution in [1.82, 2.24) is 4.90 Å². The van der Waals surface area contributed by atoms with Gasteiger partial charge >= 0.3 is 6.61 Å². The van der Waals surface area contributed by atoms with Crippen molar-refractivity contribution >= 4 is 5.91 Å². The number of amides is 1. The first kappa shape index (κ1) is 18.4. The lowest BCUT2D eigenvalue weighted by Gasteiger charge is -2.22. The molecule has 0 saturated carbocycles. The van der Waals surface area contributed by atoms with E-state index in [-0.39, 0.29) is 24.1 Å². The highest BCUT2D eigenvalue weighted by Gasteiger charge is 2.16. The first-order valence-corrected chi connectivity index (χ1v) is 7.33. The van der Waals surface area contributed by atoms with E-state index in [1.165, 1.54) is 6.07 Å². The summed E-state index contributed by atoms with van der Waals surface area (Å²) >= 11 is 0. The van der Waals surface area contributed by atoms with Crippen LogP contribution in [0.3, 0.4) is 0 Å². The summed E-state index contributed by atoms with van der Waals surface area (Å²) in [6.07, 6.45) is 0.728. The number of carbonyl (C=O) groups is 1. The molecule has 0 saturated heterocycles. The fourth-order valence-electron chi connectivity index (χ4n) is 1.96. The Hall–Kier alpha value is -1.69. The van der Waals surface area contributed by atoms with Crippen LogP contribution in [0, 0.1) is 5.92 Å². The molecule has 4 nitrogen and oxygen atoms in total. The van der Waals surface area contributed by atoms with Gasteiger partial charge in [0.1, 0.15) is 5.75 Å². The Labute approximate surface area is 130 Å². The van der Waals surface area contributed by atoms with Crippen molar-refractivity contribution in [3.8, 4) is 5.75 Å². The largest absolute Gasteiger partial charge is 0.435 e. The van der Waals surface area contributed by atoms with Crippen LogP contribution in [0.25, 0.3) is 0 Å². The number of para-hydroxylation sites is 1. The summed E-state index contributed by atoms with van der Waals surface area (Å²) in [6, 6.07) is 6.36. The Bertz CT molecular complexity index is 481. The molecule has 124 valence electrons. The molecule has 0 fully saturated rings. The van der Waals surface area contributed by atoms with Gasteiger partial charge in [-0.3, -0.25) is 4.79 Å². The summed E-state index contributed by atoms with van der Waals surface area (Å²) in [6.45, 7) is 1.70. The van der Waals surface area contributed by atoms with E-state index in [4.69, 9.17) is 5.73 Å². The Balaban J connectivity index is 2.61. The normalized spacial score (nSPS) is 12.5. The predicted octanol–water partition coefficient (Wildman–Crippen LogP) is 2.66. The second-order valence-corrected chi connectivity index (χ2v) is 5.67. The van der Waals surface area contributed by atoms with Crippen LogP contribution in [-0.4, -0.2) is 37.1 Å². The molecule has 0 bridgehead atoms. The number of halogens is 2. The fraction of sp³-hybridized carbons (Fsp3) is 0.562. The third-order valence-corrected chi connectivity index (χ3v) is 3.61.